The average molecular weight is 507 g/mol. The molecule has 1 aliphatic heterocycles. The van der Waals surface area contributed by atoms with Gasteiger partial charge in [-0.25, -0.2) is 18.0 Å². The average Bonchev–Trinajstić information content (AvgIpc) is 2.98. The van der Waals surface area contributed by atoms with Crippen LogP contribution < -0.4 is 5.32 Å². The highest BCUT2D eigenvalue weighted by atomic mass is 127. The molecule has 1 heterocycles. The van der Waals surface area contributed by atoms with Crippen molar-refractivity contribution in [3.63, 3.8) is 0 Å². The van der Waals surface area contributed by atoms with E-state index < -0.39 is 41.0 Å². The van der Waals surface area contributed by atoms with E-state index in [2.05, 4.69) is 5.32 Å². The van der Waals surface area contributed by atoms with Gasteiger partial charge in [-0.3, -0.25) is 0 Å². The van der Waals surface area contributed by atoms with Crippen LogP contribution in [0.1, 0.15) is 24.2 Å². The van der Waals surface area contributed by atoms with Gasteiger partial charge in [0.1, 0.15) is 18.5 Å². The molecule has 2 aromatic rings. The van der Waals surface area contributed by atoms with E-state index in [0.717, 1.165) is 12.1 Å². The number of carbonyl (C=O) groups excluding carboxylic acids is 1. The highest BCUT2D eigenvalue weighted by molar-refractivity contribution is 14.1. The molecule has 5 nitrogen and oxygen atoms in total. The molecule has 0 saturated carbocycles. The minimum absolute atomic E-state index is 0.103. The molecule has 0 spiro atoms. The smallest absolute Gasteiger partial charge is 0.340 e. The van der Waals surface area contributed by atoms with E-state index in [4.69, 9.17) is 14.2 Å². The maximum absolute atomic E-state index is 14.3. The first-order chi connectivity index (χ1) is 13.2. The number of halogens is 4. The van der Waals surface area contributed by atoms with Gasteiger partial charge in [0.25, 0.3) is 0 Å². The Bertz CT molecular complexity index is 907. The zero-order valence-corrected chi connectivity index (χ0v) is 17.2. The van der Waals surface area contributed by atoms with Crippen LogP contribution in [0.5, 0.6) is 0 Å². The molecule has 0 radical (unpaired) electrons. The Balaban J connectivity index is 1.80. The van der Waals surface area contributed by atoms with E-state index in [-0.39, 0.29) is 24.5 Å². The highest BCUT2D eigenvalue weighted by Gasteiger charge is 2.33. The molecule has 0 bridgehead atoms. The predicted molar refractivity (Wildman–Crippen MR) is 104 cm³/mol. The van der Waals surface area contributed by atoms with Gasteiger partial charge in [0.05, 0.1) is 23.5 Å². The topological polar surface area (TPSA) is 56.8 Å². The maximum atomic E-state index is 14.3. The van der Waals surface area contributed by atoms with Gasteiger partial charge in [-0.15, -0.1) is 0 Å². The summed E-state index contributed by atoms with van der Waals surface area (Å²) in [5.41, 5.74) is -0.878. The lowest BCUT2D eigenvalue weighted by atomic mass is 10.1. The normalized spacial score (nSPS) is 18.1. The lowest BCUT2D eigenvalue weighted by Gasteiger charge is -2.17. The Morgan fingerprint density at radius 2 is 2.00 bits per heavy atom. The van der Waals surface area contributed by atoms with Gasteiger partial charge in [0.15, 0.2) is 17.4 Å². The van der Waals surface area contributed by atoms with Crippen LogP contribution in [0.4, 0.5) is 24.5 Å². The molecule has 0 amide bonds. The molecule has 1 atom stereocenters. The molecular weight excluding hydrogens is 490 g/mol. The second kappa shape index (κ2) is 8.26. The summed E-state index contributed by atoms with van der Waals surface area (Å²) >= 11 is 1.92. The second-order valence-corrected chi connectivity index (χ2v) is 7.83. The lowest BCUT2D eigenvalue weighted by molar-refractivity contribution is -0.142. The SMILES string of the molecule is CC1(C)OCC(COC(=O)c2ccc(F)c(F)c2Nc2ccc(I)cc2F)O1. The minimum atomic E-state index is -1.31. The molecule has 28 heavy (non-hydrogen) atoms. The first-order valence-electron chi connectivity index (χ1n) is 8.35. The number of carbonyl (C=O) groups is 1. The molecule has 3 rings (SSSR count). The van der Waals surface area contributed by atoms with Crippen molar-refractivity contribution in [3.8, 4) is 0 Å². The summed E-state index contributed by atoms with van der Waals surface area (Å²) in [6.45, 7) is 3.55. The number of anilines is 2. The fraction of sp³-hybridized carbons (Fsp3) is 0.316. The molecular formula is C19H17F3INO4. The van der Waals surface area contributed by atoms with Crippen molar-refractivity contribution in [2.45, 2.75) is 25.7 Å². The summed E-state index contributed by atoms with van der Waals surface area (Å²) in [7, 11) is 0. The molecule has 0 aromatic heterocycles. The van der Waals surface area contributed by atoms with Crippen LogP contribution in [0, 0.1) is 21.0 Å². The maximum Gasteiger partial charge on any atom is 0.340 e. The van der Waals surface area contributed by atoms with Crippen molar-refractivity contribution in [2.24, 2.45) is 0 Å². The minimum Gasteiger partial charge on any atom is -0.459 e. The summed E-state index contributed by atoms with van der Waals surface area (Å²) < 4.78 is 58.8. The van der Waals surface area contributed by atoms with Crippen molar-refractivity contribution >= 4 is 39.9 Å². The van der Waals surface area contributed by atoms with E-state index >= 15 is 0 Å². The highest BCUT2D eigenvalue weighted by Crippen LogP contribution is 2.29. The molecule has 1 aliphatic rings. The van der Waals surface area contributed by atoms with Gasteiger partial charge in [0, 0.05) is 3.57 Å². The van der Waals surface area contributed by atoms with Crippen molar-refractivity contribution in [1.82, 2.24) is 0 Å². The van der Waals surface area contributed by atoms with Gasteiger partial charge in [-0.05, 0) is 66.8 Å². The number of nitrogens with one attached hydrogen (secondary N) is 1. The molecule has 150 valence electrons. The van der Waals surface area contributed by atoms with Crippen LogP contribution in [0.15, 0.2) is 30.3 Å². The van der Waals surface area contributed by atoms with Gasteiger partial charge < -0.3 is 19.5 Å². The van der Waals surface area contributed by atoms with Gasteiger partial charge >= 0.3 is 5.97 Å². The van der Waals surface area contributed by atoms with Crippen LogP contribution in [0.2, 0.25) is 0 Å². The third kappa shape index (κ3) is 4.76. The van der Waals surface area contributed by atoms with Crippen LogP contribution in [-0.2, 0) is 14.2 Å². The van der Waals surface area contributed by atoms with E-state index in [1.54, 1.807) is 19.9 Å². The Morgan fingerprint density at radius 3 is 2.64 bits per heavy atom. The Hall–Kier alpha value is -1.85. The molecule has 1 saturated heterocycles. The molecule has 1 N–H and O–H groups in total. The number of rotatable bonds is 5. The Kier molecular flexibility index (Phi) is 6.15. The summed E-state index contributed by atoms with van der Waals surface area (Å²) in [4.78, 5) is 12.4. The van der Waals surface area contributed by atoms with Crippen molar-refractivity contribution in [3.05, 3.63) is 56.9 Å². The Morgan fingerprint density at radius 1 is 1.25 bits per heavy atom. The van der Waals surface area contributed by atoms with Crippen molar-refractivity contribution in [2.75, 3.05) is 18.5 Å². The summed E-state index contributed by atoms with van der Waals surface area (Å²) in [6, 6.07) is 6.04. The quantitative estimate of drug-likeness (QED) is 0.468. The van der Waals surface area contributed by atoms with E-state index in [0.29, 0.717) is 3.57 Å². The van der Waals surface area contributed by atoms with E-state index in [1.807, 2.05) is 22.6 Å². The summed E-state index contributed by atoms with van der Waals surface area (Å²) in [5, 5.41) is 2.45. The van der Waals surface area contributed by atoms with E-state index in [1.165, 1.54) is 12.1 Å². The largest absolute Gasteiger partial charge is 0.459 e. The fourth-order valence-electron chi connectivity index (χ4n) is 2.66. The van der Waals surface area contributed by atoms with Crippen LogP contribution in [-0.4, -0.2) is 31.1 Å². The Labute approximate surface area is 173 Å². The fourth-order valence-corrected chi connectivity index (χ4v) is 3.11. The first kappa shape index (κ1) is 20.9. The van der Waals surface area contributed by atoms with Crippen molar-refractivity contribution in [1.29, 1.82) is 0 Å². The molecule has 1 unspecified atom stereocenters. The number of benzene rings is 2. The van der Waals surface area contributed by atoms with Gasteiger partial charge in [-0.2, -0.15) is 0 Å². The molecule has 2 aromatic carbocycles. The summed E-state index contributed by atoms with van der Waals surface area (Å²) in [5.74, 6) is -4.85. The van der Waals surface area contributed by atoms with Crippen molar-refractivity contribution < 1.29 is 32.2 Å². The second-order valence-electron chi connectivity index (χ2n) is 6.58. The van der Waals surface area contributed by atoms with Gasteiger partial charge in [-0.1, -0.05) is 0 Å². The number of ether oxygens (including phenoxy) is 3. The number of esters is 1. The van der Waals surface area contributed by atoms with Crippen LogP contribution >= 0.6 is 22.6 Å². The first-order valence-corrected chi connectivity index (χ1v) is 9.43. The standard InChI is InChI=1S/C19H17F3INO4/c1-19(2)27-9-11(28-19)8-26-18(25)12-4-5-13(20)16(22)17(12)24-15-6-3-10(23)7-14(15)21/h3-7,11,24H,8-9H2,1-2H3. The zero-order chi connectivity index (χ0) is 20.5. The third-order valence-corrected chi connectivity index (χ3v) is 4.64. The molecule has 9 heteroatoms. The number of hydrogen-bond acceptors (Lipinski definition) is 5. The summed E-state index contributed by atoms with van der Waals surface area (Å²) in [6.07, 6.45) is -0.478. The predicted octanol–water partition coefficient (Wildman–Crippen LogP) is 4.76. The molecule has 1 fully saturated rings. The van der Waals surface area contributed by atoms with Crippen LogP contribution in [0.25, 0.3) is 0 Å². The lowest BCUT2D eigenvalue weighted by Crippen LogP contribution is -2.25. The zero-order valence-electron chi connectivity index (χ0n) is 15.0. The third-order valence-electron chi connectivity index (χ3n) is 3.97. The number of hydrogen-bond donors (Lipinski definition) is 1. The molecule has 0 aliphatic carbocycles. The van der Waals surface area contributed by atoms with E-state index in [9.17, 15) is 18.0 Å². The van der Waals surface area contributed by atoms with Crippen LogP contribution in [0.3, 0.4) is 0 Å². The van der Waals surface area contributed by atoms with Gasteiger partial charge in [0.2, 0.25) is 0 Å². The monoisotopic (exact) mass is 507 g/mol.